The number of aromatic amines is 1. The van der Waals surface area contributed by atoms with Gasteiger partial charge >= 0.3 is 6.18 Å². The van der Waals surface area contributed by atoms with Crippen molar-refractivity contribution in [2.75, 3.05) is 48.8 Å². The molecule has 1 saturated heterocycles. The fourth-order valence-corrected chi connectivity index (χ4v) is 6.52. The largest absolute Gasteiger partial charge is 0.391 e. The number of nitrogens with zero attached hydrogens (tertiary/aromatic N) is 3. The zero-order valence-electron chi connectivity index (χ0n) is 25.1. The molecular weight excluding hydrogens is 591 g/mol. The second-order valence-electron chi connectivity index (χ2n) is 12.5. The molecule has 1 aliphatic heterocycles. The first kappa shape index (κ1) is 31.1. The summed E-state index contributed by atoms with van der Waals surface area (Å²) in [5.41, 5.74) is 1.23. The van der Waals surface area contributed by atoms with Gasteiger partial charge in [0, 0.05) is 61.8 Å². The predicted molar refractivity (Wildman–Crippen MR) is 166 cm³/mol. The Morgan fingerprint density at radius 1 is 1.07 bits per heavy atom. The van der Waals surface area contributed by atoms with Gasteiger partial charge in [0.1, 0.15) is 11.5 Å². The van der Waals surface area contributed by atoms with Gasteiger partial charge in [-0.3, -0.25) is 9.89 Å². The lowest BCUT2D eigenvalue weighted by atomic mass is 9.85. The molecule has 6 rings (SSSR count). The van der Waals surface area contributed by atoms with E-state index in [0.29, 0.717) is 40.6 Å². The van der Waals surface area contributed by atoms with Gasteiger partial charge in [0.2, 0.25) is 0 Å². The van der Waals surface area contributed by atoms with Crippen LogP contribution in [0, 0.1) is 5.92 Å². The second-order valence-corrected chi connectivity index (χ2v) is 12.5. The molecule has 1 amide bonds. The molecule has 3 aromatic rings. The van der Waals surface area contributed by atoms with Crippen LogP contribution in [0.1, 0.15) is 48.0 Å². The summed E-state index contributed by atoms with van der Waals surface area (Å²) in [7, 11) is 2.07. The first-order valence-electron chi connectivity index (χ1n) is 15.4. The van der Waals surface area contributed by atoms with Crippen molar-refractivity contribution >= 4 is 34.0 Å². The number of H-pyrrole nitrogens is 1. The van der Waals surface area contributed by atoms with E-state index < -0.39 is 29.5 Å². The number of carbonyl (C=O) groups is 1. The standard InChI is InChI=1S/C33H37F5N6O/c1-43-13-15-44(16-14-43)25-9-10-26(29(18-25)39-24-7-5-22(6-8-24)33(36,37)38)31(45)40-30-27-17-21(4-11-28(27)41-42-30)19-32(35)12-2-3-23(34)20-32/h2-4,9-11,17-18,20,22,24,39H,5-8,12-16,19H2,1H3,(H2,40,41,42,45). The minimum absolute atomic E-state index is 0.0430. The van der Waals surface area contributed by atoms with E-state index in [1.54, 1.807) is 24.3 Å². The van der Waals surface area contributed by atoms with Gasteiger partial charge in [-0.25, -0.2) is 8.78 Å². The number of amides is 1. The third-order valence-electron chi connectivity index (χ3n) is 9.15. The van der Waals surface area contributed by atoms with Crippen molar-refractivity contribution < 1.29 is 26.7 Å². The molecule has 2 fully saturated rings. The zero-order chi connectivity index (χ0) is 31.8. The van der Waals surface area contributed by atoms with Crippen LogP contribution >= 0.6 is 0 Å². The van der Waals surface area contributed by atoms with Gasteiger partial charge < -0.3 is 20.4 Å². The van der Waals surface area contributed by atoms with Crippen LogP contribution in [0.2, 0.25) is 0 Å². The van der Waals surface area contributed by atoms with Crippen molar-refractivity contribution in [1.29, 1.82) is 0 Å². The number of carbonyl (C=O) groups excluding carboxylic acids is 1. The number of alkyl halides is 4. The molecule has 0 bridgehead atoms. The van der Waals surface area contributed by atoms with Crippen LogP contribution in [0.5, 0.6) is 0 Å². The highest BCUT2D eigenvalue weighted by atomic mass is 19.4. The number of halogens is 5. The van der Waals surface area contributed by atoms with Crippen LogP contribution in [0.25, 0.3) is 10.9 Å². The molecule has 2 heterocycles. The third-order valence-corrected chi connectivity index (χ3v) is 9.15. The van der Waals surface area contributed by atoms with Crippen LogP contribution in [0.3, 0.4) is 0 Å². The SMILES string of the molecule is CN1CCN(c2ccc(C(=O)Nc3n[nH]c4ccc(CC5(F)C=C(F)C=CC5)cc34)c(NC3CCC(C(F)(F)F)CC3)c2)CC1. The molecule has 1 unspecified atom stereocenters. The van der Waals surface area contributed by atoms with Gasteiger partial charge in [0.05, 0.1) is 17.0 Å². The summed E-state index contributed by atoms with van der Waals surface area (Å²) >= 11 is 0. The average molecular weight is 629 g/mol. The Kier molecular flexibility index (Phi) is 8.60. The number of aromatic nitrogens is 2. The fourth-order valence-electron chi connectivity index (χ4n) is 6.52. The molecule has 12 heteroatoms. The third kappa shape index (κ3) is 7.16. The maximum atomic E-state index is 15.3. The zero-order valence-corrected chi connectivity index (χ0v) is 25.1. The average Bonchev–Trinajstić information content (AvgIpc) is 3.38. The maximum absolute atomic E-state index is 15.3. The molecule has 45 heavy (non-hydrogen) atoms. The number of rotatable bonds is 7. The Balaban J connectivity index is 1.23. The first-order valence-corrected chi connectivity index (χ1v) is 15.4. The number of nitrogens with one attached hydrogen (secondary N) is 3. The Labute approximate surface area is 258 Å². The Morgan fingerprint density at radius 2 is 1.82 bits per heavy atom. The van der Waals surface area contributed by atoms with E-state index in [1.165, 1.54) is 12.2 Å². The Morgan fingerprint density at radius 3 is 2.53 bits per heavy atom. The summed E-state index contributed by atoms with van der Waals surface area (Å²) in [6.07, 6.45) is 0.313. The topological polar surface area (TPSA) is 76.3 Å². The van der Waals surface area contributed by atoms with Crippen LogP contribution in [0.15, 0.2) is 60.5 Å². The van der Waals surface area contributed by atoms with Crippen molar-refractivity contribution in [3.63, 3.8) is 0 Å². The molecule has 3 aliphatic rings. The van der Waals surface area contributed by atoms with Crippen molar-refractivity contribution in [2.24, 2.45) is 5.92 Å². The Hall–Kier alpha value is -3.93. The van der Waals surface area contributed by atoms with Gasteiger partial charge in [0.15, 0.2) is 5.82 Å². The molecule has 1 aromatic heterocycles. The van der Waals surface area contributed by atoms with Crippen LogP contribution in [-0.4, -0.2) is 72.1 Å². The van der Waals surface area contributed by atoms with Crippen LogP contribution in [0.4, 0.5) is 39.1 Å². The Bertz CT molecular complexity index is 1600. The number of fused-ring (bicyclic) bond motifs is 1. The van der Waals surface area contributed by atoms with Gasteiger partial charge in [-0.2, -0.15) is 18.3 Å². The number of anilines is 3. The summed E-state index contributed by atoms with van der Waals surface area (Å²) in [6, 6.07) is 10.5. The van der Waals surface area contributed by atoms with E-state index in [1.807, 2.05) is 12.1 Å². The fraction of sp³-hybridized carbons (Fsp3) is 0.455. The lowest BCUT2D eigenvalue weighted by molar-refractivity contribution is -0.182. The smallest absolute Gasteiger partial charge is 0.382 e. The monoisotopic (exact) mass is 628 g/mol. The van der Waals surface area contributed by atoms with Crippen molar-refractivity contribution in [3.05, 3.63) is 71.6 Å². The van der Waals surface area contributed by atoms with Gasteiger partial charge in [0.25, 0.3) is 5.91 Å². The lowest BCUT2D eigenvalue weighted by Crippen LogP contribution is -2.44. The summed E-state index contributed by atoms with van der Waals surface area (Å²) < 4.78 is 69.0. The van der Waals surface area contributed by atoms with Crippen molar-refractivity contribution in [3.8, 4) is 0 Å². The number of hydrogen-bond donors (Lipinski definition) is 3. The highest BCUT2D eigenvalue weighted by Crippen LogP contribution is 2.39. The molecule has 240 valence electrons. The molecular formula is C33H37F5N6O. The number of benzene rings is 2. The van der Waals surface area contributed by atoms with E-state index in [4.69, 9.17) is 0 Å². The first-order chi connectivity index (χ1) is 21.5. The van der Waals surface area contributed by atoms with E-state index in [0.717, 1.165) is 37.9 Å². The molecule has 0 radical (unpaired) electrons. The molecule has 3 N–H and O–H groups in total. The minimum atomic E-state index is -4.20. The molecule has 1 atom stereocenters. The maximum Gasteiger partial charge on any atom is 0.391 e. The molecule has 1 saturated carbocycles. The second kappa shape index (κ2) is 12.5. The van der Waals surface area contributed by atoms with Gasteiger partial charge in [-0.1, -0.05) is 12.1 Å². The van der Waals surface area contributed by atoms with E-state index >= 15 is 4.39 Å². The quantitative estimate of drug-likeness (QED) is 0.242. The van der Waals surface area contributed by atoms with Crippen molar-refractivity contribution in [1.82, 2.24) is 15.1 Å². The summed E-state index contributed by atoms with van der Waals surface area (Å²) in [4.78, 5) is 18.2. The molecule has 2 aromatic carbocycles. The van der Waals surface area contributed by atoms with Crippen molar-refractivity contribution in [2.45, 2.75) is 56.4 Å². The molecule has 2 aliphatic carbocycles. The van der Waals surface area contributed by atoms with Crippen LogP contribution in [-0.2, 0) is 6.42 Å². The number of likely N-dealkylation sites (N-methyl/N-ethyl adjacent to an activating group) is 1. The van der Waals surface area contributed by atoms with Gasteiger partial charge in [-0.05, 0) is 80.8 Å². The predicted octanol–water partition coefficient (Wildman–Crippen LogP) is 7.16. The summed E-state index contributed by atoms with van der Waals surface area (Å²) in [6.45, 7) is 3.43. The highest BCUT2D eigenvalue weighted by Gasteiger charge is 2.41. The molecule has 0 spiro atoms. The minimum Gasteiger partial charge on any atom is -0.382 e. The van der Waals surface area contributed by atoms with Gasteiger partial charge in [-0.15, -0.1) is 0 Å². The number of allylic oxidation sites excluding steroid dienone is 4. The summed E-state index contributed by atoms with van der Waals surface area (Å²) in [5.74, 6) is -2.09. The van der Waals surface area contributed by atoms with E-state index in [-0.39, 0.29) is 37.5 Å². The number of piperazine rings is 1. The normalized spacial score (nSPS) is 24.5. The van der Waals surface area contributed by atoms with E-state index in [2.05, 4.69) is 37.7 Å². The highest BCUT2D eigenvalue weighted by molar-refractivity contribution is 6.11. The number of hydrogen-bond acceptors (Lipinski definition) is 5. The van der Waals surface area contributed by atoms with Crippen LogP contribution < -0.4 is 15.5 Å². The van der Waals surface area contributed by atoms with E-state index in [9.17, 15) is 22.4 Å². The summed E-state index contributed by atoms with van der Waals surface area (Å²) in [5, 5.41) is 14.0. The lowest BCUT2D eigenvalue weighted by Gasteiger charge is -2.35. The molecule has 7 nitrogen and oxygen atoms in total.